The summed E-state index contributed by atoms with van der Waals surface area (Å²) in [6.45, 7) is 0. The molecule has 0 bridgehead atoms. The van der Waals surface area contributed by atoms with Crippen molar-refractivity contribution < 1.29 is 4.42 Å². The van der Waals surface area contributed by atoms with Gasteiger partial charge in [-0.1, -0.05) is 170 Å². The van der Waals surface area contributed by atoms with E-state index in [1.807, 2.05) is 48.5 Å². The first kappa shape index (κ1) is 38.8. The van der Waals surface area contributed by atoms with Crippen molar-refractivity contribution in [2.24, 2.45) is 0 Å². The standard InChI is InChI=1S/C63H39N5O/c1-5-18-40(19-6-1)43-24-17-25-45(36-43)62-64-61(42-22-9-3-10-23-42)65-63(66-62)49-33-35-55(59-48-29-14-16-31-58(48)69-60(49)59)68-54-34-32-44(41-20-7-2-8-21-41)37-50(54)52-38-51-47-28-13-15-30-53(47)67(56(51)39-57(52)68)46-26-11-4-12-27-46/h1-39H. The monoisotopic (exact) mass is 881 g/mol. The highest BCUT2D eigenvalue weighted by atomic mass is 16.3. The molecule has 14 rings (SSSR count). The van der Waals surface area contributed by atoms with Crippen molar-refractivity contribution in [3.8, 4) is 67.8 Å². The zero-order valence-electron chi connectivity index (χ0n) is 37.2. The molecule has 4 heterocycles. The number of hydrogen-bond acceptors (Lipinski definition) is 4. The maximum atomic E-state index is 7.02. The molecule has 0 amide bonds. The SMILES string of the molecule is c1ccc(-c2cccc(-c3nc(-c4ccccc4)nc(-c4ccc(-n5c6ccc(-c7ccccc7)cc6c6cc7c8ccccc8n(-c8ccccc8)c7cc65)c5c4oc4ccccc45)n3)c2)cc1. The van der Waals surface area contributed by atoms with Crippen LogP contribution in [0.5, 0.6) is 0 Å². The normalized spacial score (nSPS) is 11.8. The quantitative estimate of drug-likeness (QED) is 0.160. The Bertz CT molecular complexity index is 4290. The Kier molecular flexibility index (Phi) is 8.79. The van der Waals surface area contributed by atoms with Gasteiger partial charge in [0.1, 0.15) is 11.2 Å². The van der Waals surface area contributed by atoms with E-state index in [9.17, 15) is 0 Å². The summed E-state index contributed by atoms with van der Waals surface area (Å²) >= 11 is 0. The molecule has 0 aliphatic rings. The highest BCUT2D eigenvalue weighted by Crippen LogP contribution is 2.45. The Morgan fingerprint density at radius 3 is 1.59 bits per heavy atom. The number of aromatic nitrogens is 5. The molecule has 0 atom stereocenters. The molecule has 0 fully saturated rings. The van der Waals surface area contributed by atoms with Gasteiger partial charge in [0.05, 0.1) is 38.7 Å². The summed E-state index contributed by atoms with van der Waals surface area (Å²) in [6, 6.07) is 83.3. The van der Waals surface area contributed by atoms with Crippen LogP contribution in [-0.2, 0) is 0 Å². The van der Waals surface area contributed by atoms with Crippen molar-refractivity contribution in [2.75, 3.05) is 0 Å². The Morgan fingerprint density at radius 1 is 0.304 bits per heavy atom. The van der Waals surface area contributed by atoms with Crippen LogP contribution in [0.2, 0.25) is 0 Å². The molecule has 14 aromatic rings. The number of hydrogen-bond donors (Lipinski definition) is 0. The number of benzene rings is 10. The summed E-state index contributed by atoms with van der Waals surface area (Å²) in [6.07, 6.45) is 0. The van der Waals surface area contributed by atoms with Gasteiger partial charge < -0.3 is 13.6 Å². The van der Waals surface area contributed by atoms with Crippen molar-refractivity contribution in [1.82, 2.24) is 24.1 Å². The third-order valence-electron chi connectivity index (χ3n) is 13.6. The third-order valence-corrected chi connectivity index (χ3v) is 13.6. The molecule has 0 saturated heterocycles. The van der Waals surface area contributed by atoms with Crippen LogP contribution in [-0.4, -0.2) is 24.1 Å². The molecule has 0 aliphatic carbocycles. The average Bonchev–Trinajstić information content (AvgIpc) is 4.08. The smallest absolute Gasteiger partial charge is 0.167 e. The maximum absolute atomic E-state index is 7.02. The summed E-state index contributed by atoms with van der Waals surface area (Å²) in [5.41, 5.74) is 15.2. The van der Waals surface area contributed by atoms with Crippen molar-refractivity contribution >= 4 is 65.6 Å². The van der Waals surface area contributed by atoms with Gasteiger partial charge in [0.25, 0.3) is 0 Å². The van der Waals surface area contributed by atoms with Crippen molar-refractivity contribution in [2.45, 2.75) is 0 Å². The Labute approximate surface area is 396 Å². The number of rotatable bonds is 7. The summed E-state index contributed by atoms with van der Waals surface area (Å²) in [4.78, 5) is 15.6. The fourth-order valence-corrected chi connectivity index (χ4v) is 10.4. The van der Waals surface area contributed by atoms with Gasteiger partial charge >= 0.3 is 0 Å². The minimum atomic E-state index is 0.531. The first-order chi connectivity index (χ1) is 34.2. The zero-order valence-corrected chi connectivity index (χ0v) is 37.2. The van der Waals surface area contributed by atoms with E-state index in [4.69, 9.17) is 19.4 Å². The van der Waals surface area contributed by atoms with E-state index in [2.05, 4.69) is 197 Å². The summed E-state index contributed by atoms with van der Waals surface area (Å²) < 4.78 is 11.8. The van der Waals surface area contributed by atoms with Crippen LogP contribution in [0.15, 0.2) is 241 Å². The number of nitrogens with zero attached hydrogens (tertiary/aromatic N) is 5. The lowest BCUT2D eigenvalue weighted by molar-refractivity contribution is 0.669. The second-order valence-corrected chi connectivity index (χ2v) is 17.6. The summed E-state index contributed by atoms with van der Waals surface area (Å²) in [7, 11) is 0. The van der Waals surface area contributed by atoms with Crippen LogP contribution in [0.25, 0.3) is 133 Å². The summed E-state index contributed by atoms with van der Waals surface area (Å²) in [5.74, 6) is 1.70. The fourth-order valence-electron chi connectivity index (χ4n) is 10.4. The van der Waals surface area contributed by atoms with E-state index >= 15 is 0 Å². The average molecular weight is 882 g/mol. The van der Waals surface area contributed by atoms with Gasteiger partial charge in [-0.3, -0.25) is 0 Å². The molecule has 10 aromatic carbocycles. The van der Waals surface area contributed by atoms with Crippen molar-refractivity contribution in [3.63, 3.8) is 0 Å². The first-order valence-corrected chi connectivity index (χ1v) is 23.3. The molecule has 6 heteroatoms. The van der Waals surface area contributed by atoms with Crippen LogP contribution in [0.4, 0.5) is 0 Å². The van der Waals surface area contributed by atoms with Gasteiger partial charge in [-0.15, -0.1) is 0 Å². The molecule has 69 heavy (non-hydrogen) atoms. The van der Waals surface area contributed by atoms with Crippen LogP contribution >= 0.6 is 0 Å². The molecule has 0 spiro atoms. The lowest BCUT2D eigenvalue weighted by Crippen LogP contribution is -2.01. The maximum Gasteiger partial charge on any atom is 0.167 e. The lowest BCUT2D eigenvalue weighted by atomic mass is 10.0. The second-order valence-electron chi connectivity index (χ2n) is 17.6. The molecule has 0 radical (unpaired) electrons. The second kappa shape index (κ2) is 15.6. The number of para-hydroxylation sites is 3. The molecule has 0 N–H and O–H groups in total. The van der Waals surface area contributed by atoms with Crippen LogP contribution < -0.4 is 0 Å². The van der Waals surface area contributed by atoms with E-state index in [0.29, 0.717) is 23.1 Å². The van der Waals surface area contributed by atoms with Crippen LogP contribution in [0.1, 0.15) is 0 Å². The van der Waals surface area contributed by atoms with E-state index in [0.717, 1.165) is 83.2 Å². The van der Waals surface area contributed by atoms with Gasteiger partial charge in [-0.2, -0.15) is 0 Å². The minimum absolute atomic E-state index is 0.531. The highest BCUT2D eigenvalue weighted by Gasteiger charge is 2.25. The van der Waals surface area contributed by atoms with Crippen molar-refractivity contribution in [3.05, 3.63) is 237 Å². The molecular formula is C63H39N5O. The molecule has 0 unspecified atom stereocenters. The van der Waals surface area contributed by atoms with E-state index in [1.54, 1.807) is 0 Å². The first-order valence-electron chi connectivity index (χ1n) is 23.3. The number of fused-ring (bicyclic) bond motifs is 9. The number of furan rings is 1. The van der Waals surface area contributed by atoms with Gasteiger partial charge in [0.15, 0.2) is 17.5 Å². The van der Waals surface area contributed by atoms with Crippen LogP contribution in [0.3, 0.4) is 0 Å². The molecule has 0 saturated carbocycles. The fraction of sp³-hybridized carbons (Fsp3) is 0. The predicted molar refractivity (Wildman–Crippen MR) is 283 cm³/mol. The Balaban J connectivity index is 1.06. The molecule has 6 nitrogen and oxygen atoms in total. The molecule has 322 valence electrons. The Hall–Kier alpha value is -9.39. The van der Waals surface area contributed by atoms with Gasteiger partial charge in [-0.25, -0.2) is 15.0 Å². The lowest BCUT2D eigenvalue weighted by Gasteiger charge is -2.13. The molecular weight excluding hydrogens is 843 g/mol. The minimum Gasteiger partial charge on any atom is -0.455 e. The van der Waals surface area contributed by atoms with Crippen molar-refractivity contribution in [1.29, 1.82) is 0 Å². The van der Waals surface area contributed by atoms with Gasteiger partial charge in [-0.05, 0) is 89.0 Å². The Morgan fingerprint density at radius 2 is 0.841 bits per heavy atom. The van der Waals surface area contributed by atoms with E-state index < -0.39 is 0 Å². The summed E-state index contributed by atoms with van der Waals surface area (Å²) in [5, 5.41) is 6.74. The largest absolute Gasteiger partial charge is 0.455 e. The van der Waals surface area contributed by atoms with E-state index in [1.165, 1.54) is 27.1 Å². The molecule has 4 aromatic heterocycles. The molecule has 0 aliphatic heterocycles. The van der Waals surface area contributed by atoms with Gasteiger partial charge in [0.2, 0.25) is 0 Å². The van der Waals surface area contributed by atoms with Gasteiger partial charge in [0, 0.05) is 43.7 Å². The van der Waals surface area contributed by atoms with Crippen LogP contribution in [0, 0.1) is 0 Å². The highest BCUT2D eigenvalue weighted by molar-refractivity contribution is 6.21. The van der Waals surface area contributed by atoms with E-state index in [-0.39, 0.29) is 0 Å². The predicted octanol–water partition coefficient (Wildman–Crippen LogP) is 16.3. The third kappa shape index (κ3) is 6.30. The zero-order chi connectivity index (χ0) is 45.4. The topological polar surface area (TPSA) is 61.7 Å².